The lowest BCUT2D eigenvalue weighted by Crippen LogP contribution is -2.35. The van der Waals surface area contributed by atoms with Gasteiger partial charge in [-0.05, 0) is 30.5 Å². The molecule has 0 unspecified atom stereocenters. The summed E-state index contributed by atoms with van der Waals surface area (Å²) in [5, 5.41) is 19.8. The van der Waals surface area contributed by atoms with Crippen LogP contribution in [0.5, 0.6) is 0 Å². The maximum atomic E-state index is 13.9. The van der Waals surface area contributed by atoms with E-state index in [1.165, 1.54) is 12.1 Å². The summed E-state index contributed by atoms with van der Waals surface area (Å²) in [4.78, 5) is 0. The lowest BCUT2D eigenvalue weighted by Gasteiger charge is -2.30. The number of aliphatic hydroxyl groups is 2. The molecule has 2 aromatic carbocycles. The van der Waals surface area contributed by atoms with Gasteiger partial charge in [0, 0.05) is 16.0 Å². The van der Waals surface area contributed by atoms with Crippen LogP contribution in [0.2, 0.25) is 5.02 Å². The molecule has 2 aromatic rings. The van der Waals surface area contributed by atoms with Gasteiger partial charge >= 0.3 is 0 Å². The predicted octanol–water partition coefficient (Wildman–Crippen LogP) is 3.24. The summed E-state index contributed by atoms with van der Waals surface area (Å²) in [6.45, 7) is -0.494. The highest BCUT2D eigenvalue weighted by Crippen LogP contribution is 2.31. The summed E-state index contributed by atoms with van der Waals surface area (Å²) in [6, 6.07) is 14.0. The molecule has 2 nitrogen and oxygen atoms in total. The van der Waals surface area contributed by atoms with E-state index in [-0.39, 0.29) is 19.6 Å². The first-order valence-electron chi connectivity index (χ1n) is 6.79. The number of aliphatic hydroxyl groups excluding tert-OH is 2. The molecule has 0 bridgehead atoms. The fourth-order valence-corrected chi connectivity index (χ4v) is 2.67. The van der Waals surface area contributed by atoms with E-state index in [1.807, 2.05) is 30.3 Å². The van der Waals surface area contributed by atoms with Crippen molar-refractivity contribution in [3.05, 3.63) is 70.5 Å². The molecule has 112 valence electrons. The van der Waals surface area contributed by atoms with Gasteiger partial charge < -0.3 is 10.2 Å². The van der Waals surface area contributed by atoms with Crippen LogP contribution in [0.1, 0.15) is 11.1 Å². The molecule has 0 saturated carbocycles. The average Bonchev–Trinajstić information content (AvgIpc) is 2.51. The van der Waals surface area contributed by atoms with Gasteiger partial charge in [-0.15, -0.1) is 0 Å². The van der Waals surface area contributed by atoms with Crippen LogP contribution >= 0.6 is 11.6 Å². The van der Waals surface area contributed by atoms with Gasteiger partial charge in [-0.1, -0.05) is 48.0 Å². The van der Waals surface area contributed by atoms with E-state index in [0.717, 1.165) is 5.56 Å². The van der Waals surface area contributed by atoms with E-state index in [9.17, 15) is 14.6 Å². The van der Waals surface area contributed by atoms with Crippen LogP contribution in [0, 0.1) is 11.2 Å². The first-order chi connectivity index (χ1) is 10.1. The molecule has 21 heavy (non-hydrogen) atoms. The highest BCUT2D eigenvalue weighted by atomic mass is 35.5. The molecule has 0 saturated heterocycles. The van der Waals surface area contributed by atoms with Crippen LogP contribution in [0.3, 0.4) is 0 Å². The van der Waals surface area contributed by atoms with Crippen molar-refractivity contribution in [1.29, 1.82) is 0 Å². The number of benzene rings is 2. The van der Waals surface area contributed by atoms with Gasteiger partial charge in [-0.25, -0.2) is 4.39 Å². The monoisotopic (exact) mass is 308 g/mol. The van der Waals surface area contributed by atoms with Crippen molar-refractivity contribution < 1.29 is 14.6 Å². The zero-order valence-electron chi connectivity index (χ0n) is 11.6. The fourth-order valence-electron chi connectivity index (χ4n) is 2.44. The molecular formula is C17H18ClFO2. The third-order valence-corrected chi connectivity index (χ3v) is 4.06. The molecule has 0 aliphatic heterocycles. The Hall–Kier alpha value is -1.42. The molecular weight excluding hydrogens is 291 g/mol. The second kappa shape index (κ2) is 7.03. The molecule has 0 spiro atoms. The molecule has 0 fully saturated rings. The summed E-state index contributed by atoms with van der Waals surface area (Å²) in [5.74, 6) is -0.415. The van der Waals surface area contributed by atoms with Gasteiger partial charge in [0.15, 0.2) is 0 Å². The van der Waals surface area contributed by atoms with Crippen LogP contribution in [0.15, 0.2) is 48.5 Å². The van der Waals surface area contributed by atoms with Crippen molar-refractivity contribution in [3.63, 3.8) is 0 Å². The summed E-state index contributed by atoms with van der Waals surface area (Å²) < 4.78 is 13.9. The molecule has 0 atom stereocenters. The maximum absolute atomic E-state index is 13.9. The minimum absolute atomic E-state index is 0.181. The molecule has 0 aromatic heterocycles. The normalized spacial score (nSPS) is 11.6. The van der Waals surface area contributed by atoms with Crippen LogP contribution in [0.25, 0.3) is 0 Å². The molecule has 0 aliphatic carbocycles. The summed E-state index contributed by atoms with van der Waals surface area (Å²) in [7, 11) is 0. The van der Waals surface area contributed by atoms with Gasteiger partial charge in [0.2, 0.25) is 0 Å². The van der Waals surface area contributed by atoms with Crippen LogP contribution < -0.4 is 0 Å². The Morgan fingerprint density at radius 3 is 2.14 bits per heavy atom. The third kappa shape index (κ3) is 3.82. The lowest BCUT2D eigenvalue weighted by atomic mass is 9.77. The number of hydrogen-bond donors (Lipinski definition) is 2. The summed E-state index contributed by atoms with van der Waals surface area (Å²) >= 11 is 6.05. The van der Waals surface area contributed by atoms with Gasteiger partial charge in [0.05, 0.1) is 13.2 Å². The molecule has 0 radical (unpaired) electrons. The lowest BCUT2D eigenvalue weighted by molar-refractivity contribution is 0.0541. The quantitative estimate of drug-likeness (QED) is 0.860. The van der Waals surface area contributed by atoms with Gasteiger partial charge in [-0.2, -0.15) is 0 Å². The van der Waals surface area contributed by atoms with Crippen LogP contribution in [-0.2, 0) is 12.8 Å². The largest absolute Gasteiger partial charge is 0.396 e. The van der Waals surface area contributed by atoms with Crippen molar-refractivity contribution in [1.82, 2.24) is 0 Å². The molecule has 0 aliphatic rings. The molecule has 4 heteroatoms. The highest BCUT2D eigenvalue weighted by Gasteiger charge is 2.31. The Labute approximate surface area is 128 Å². The standard InChI is InChI=1S/C17H18ClFO2/c18-15-7-4-8-16(19)14(15)10-17(11-20,12-21)9-13-5-2-1-3-6-13/h1-8,20-21H,9-12H2. The first-order valence-corrected chi connectivity index (χ1v) is 7.16. The van der Waals surface area contributed by atoms with Crippen molar-refractivity contribution in [2.75, 3.05) is 13.2 Å². The van der Waals surface area contributed by atoms with E-state index < -0.39 is 11.2 Å². The van der Waals surface area contributed by atoms with Crippen molar-refractivity contribution in [2.45, 2.75) is 12.8 Å². The van der Waals surface area contributed by atoms with E-state index in [2.05, 4.69) is 0 Å². The van der Waals surface area contributed by atoms with E-state index in [1.54, 1.807) is 6.07 Å². The smallest absolute Gasteiger partial charge is 0.127 e. The molecule has 2 rings (SSSR count). The Morgan fingerprint density at radius 1 is 0.905 bits per heavy atom. The fraction of sp³-hybridized carbons (Fsp3) is 0.294. The van der Waals surface area contributed by atoms with E-state index in [0.29, 0.717) is 17.0 Å². The number of hydrogen-bond acceptors (Lipinski definition) is 2. The van der Waals surface area contributed by atoms with Crippen LogP contribution in [0.4, 0.5) is 4.39 Å². The van der Waals surface area contributed by atoms with Crippen molar-refractivity contribution >= 4 is 11.6 Å². The zero-order chi connectivity index (χ0) is 15.3. The van der Waals surface area contributed by atoms with E-state index >= 15 is 0 Å². The number of halogens is 2. The summed E-state index contributed by atoms with van der Waals surface area (Å²) in [6.07, 6.45) is 0.631. The predicted molar refractivity (Wildman–Crippen MR) is 81.9 cm³/mol. The van der Waals surface area contributed by atoms with Gasteiger partial charge in [0.1, 0.15) is 5.82 Å². The van der Waals surface area contributed by atoms with E-state index in [4.69, 9.17) is 11.6 Å². The second-order valence-corrected chi connectivity index (χ2v) is 5.76. The van der Waals surface area contributed by atoms with Crippen molar-refractivity contribution in [3.8, 4) is 0 Å². The molecule has 0 amide bonds. The highest BCUT2D eigenvalue weighted by molar-refractivity contribution is 6.31. The van der Waals surface area contributed by atoms with Gasteiger partial charge in [0.25, 0.3) is 0 Å². The Kier molecular flexibility index (Phi) is 5.34. The zero-order valence-corrected chi connectivity index (χ0v) is 12.4. The molecule has 0 heterocycles. The maximum Gasteiger partial charge on any atom is 0.127 e. The minimum Gasteiger partial charge on any atom is -0.396 e. The van der Waals surface area contributed by atoms with Crippen molar-refractivity contribution in [2.24, 2.45) is 5.41 Å². The first kappa shape index (κ1) is 16.0. The summed E-state index contributed by atoms with van der Waals surface area (Å²) in [5.41, 5.74) is 0.471. The van der Waals surface area contributed by atoms with Crippen LogP contribution in [-0.4, -0.2) is 23.4 Å². The van der Waals surface area contributed by atoms with Gasteiger partial charge in [-0.3, -0.25) is 0 Å². The topological polar surface area (TPSA) is 40.5 Å². The Bertz CT molecular complexity index is 562. The SMILES string of the molecule is OCC(CO)(Cc1ccccc1)Cc1c(F)cccc1Cl. The average molecular weight is 309 g/mol. The minimum atomic E-state index is -0.840. The third-order valence-electron chi connectivity index (χ3n) is 3.71. The molecule has 2 N–H and O–H groups in total. The second-order valence-electron chi connectivity index (χ2n) is 5.36. The Morgan fingerprint density at radius 2 is 1.57 bits per heavy atom. The number of rotatable bonds is 6. The Balaban J connectivity index is 2.30.